The van der Waals surface area contributed by atoms with Gasteiger partial charge in [0.05, 0.1) is 11.0 Å². The van der Waals surface area contributed by atoms with Crippen LogP contribution in [-0.2, 0) is 0 Å². The van der Waals surface area contributed by atoms with Gasteiger partial charge in [-0.3, -0.25) is 10.1 Å². The molecule has 0 bridgehead atoms. The molecule has 8 heteroatoms. The molecule has 2 rings (SSSR count). The second-order valence-corrected chi connectivity index (χ2v) is 3.68. The van der Waals surface area contributed by atoms with Gasteiger partial charge in [-0.1, -0.05) is 0 Å². The highest BCUT2D eigenvalue weighted by Crippen LogP contribution is 2.19. The van der Waals surface area contributed by atoms with Gasteiger partial charge in [0.1, 0.15) is 6.10 Å². The van der Waals surface area contributed by atoms with Crippen LogP contribution >= 0.6 is 24.8 Å². The Hall–Kier alpha value is -1.11. The van der Waals surface area contributed by atoms with Crippen LogP contribution in [0.4, 0.5) is 5.69 Å². The van der Waals surface area contributed by atoms with E-state index in [0.29, 0.717) is 5.88 Å². The van der Waals surface area contributed by atoms with E-state index in [4.69, 9.17) is 4.74 Å². The van der Waals surface area contributed by atoms with Crippen molar-refractivity contribution in [2.75, 3.05) is 13.1 Å². The highest BCUT2D eigenvalue weighted by atomic mass is 35.5. The van der Waals surface area contributed by atoms with E-state index in [0.717, 1.165) is 25.9 Å². The topological polar surface area (TPSA) is 77.3 Å². The summed E-state index contributed by atoms with van der Waals surface area (Å²) in [7, 11) is 0. The van der Waals surface area contributed by atoms with Crippen molar-refractivity contribution < 1.29 is 9.66 Å². The largest absolute Gasteiger partial charge is 0.474 e. The van der Waals surface area contributed by atoms with Crippen LogP contribution < -0.4 is 10.1 Å². The van der Waals surface area contributed by atoms with E-state index in [-0.39, 0.29) is 36.6 Å². The lowest BCUT2D eigenvalue weighted by Gasteiger charge is -2.22. The van der Waals surface area contributed by atoms with Crippen LogP contribution in [0, 0.1) is 10.1 Å². The van der Waals surface area contributed by atoms with E-state index >= 15 is 0 Å². The third-order valence-electron chi connectivity index (χ3n) is 2.50. The Bertz CT molecular complexity index is 386. The monoisotopic (exact) mass is 295 g/mol. The fourth-order valence-electron chi connectivity index (χ4n) is 1.66. The molecular weight excluding hydrogens is 281 g/mol. The third kappa shape index (κ3) is 4.64. The van der Waals surface area contributed by atoms with Crippen molar-refractivity contribution >= 4 is 30.5 Å². The number of ether oxygens (including phenoxy) is 1. The maximum atomic E-state index is 10.6. The summed E-state index contributed by atoms with van der Waals surface area (Å²) >= 11 is 0. The van der Waals surface area contributed by atoms with Gasteiger partial charge < -0.3 is 10.1 Å². The van der Waals surface area contributed by atoms with Gasteiger partial charge in [-0.25, -0.2) is 4.98 Å². The Kier molecular flexibility index (Phi) is 7.58. The van der Waals surface area contributed by atoms with Crippen molar-refractivity contribution in [1.29, 1.82) is 0 Å². The summed E-state index contributed by atoms with van der Waals surface area (Å²) in [5.74, 6) is 0.334. The molecule has 1 aromatic heterocycles. The summed E-state index contributed by atoms with van der Waals surface area (Å²) in [6, 6.07) is 2.72. The van der Waals surface area contributed by atoms with Crippen molar-refractivity contribution in [2.24, 2.45) is 0 Å². The average Bonchev–Trinajstić information content (AvgIpc) is 2.30. The molecule has 0 saturated carbocycles. The first kappa shape index (κ1) is 16.9. The van der Waals surface area contributed by atoms with Gasteiger partial charge in [-0.15, -0.1) is 24.8 Å². The number of halogens is 2. The zero-order valence-corrected chi connectivity index (χ0v) is 11.2. The maximum Gasteiger partial charge on any atom is 0.276 e. The molecule has 1 saturated heterocycles. The molecule has 1 aliphatic rings. The normalized spacial score (nSPS) is 15.1. The molecule has 0 radical (unpaired) electrons. The van der Waals surface area contributed by atoms with Crippen LogP contribution in [0.1, 0.15) is 12.8 Å². The summed E-state index contributed by atoms with van der Waals surface area (Å²) in [6.45, 7) is 1.83. The molecule has 1 fully saturated rings. The molecule has 0 aliphatic carbocycles. The number of aromatic nitrogens is 1. The van der Waals surface area contributed by atoms with E-state index in [2.05, 4.69) is 10.3 Å². The summed E-state index contributed by atoms with van der Waals surface area (Å²) in [6.07, 6.45) is 3.32. The highest BCUT2D eigenvalue weighted by molar-refractivity contribution is 5.85. The Labute approximate surface area is 117 Å². The molecular formula is C10H15Cl2N3O3. The van der Waals surface area contributed by atoms with E-state index in [9.17, 15) is 10.1 Å². The van der Waals surface area contributed by atoms with Gasteiger partial charge >= 0.3 is 0 Å². The number of piperidine rings is 1. The molecule has 0 atom stereocenters. The SMILES string of the molecule is Cl.Cl.O=[N+]([O-])c1ccnc(OC2CCNCC2)c1. The molecule has 0 amide bonds. The molecule has 2 heterocycles. The van der Waals surface area contributed by atoms with Gasteiger partial charge in [0.15, 0.2) is 0 Å². The van der Waals surface area contributed by atoms with Crippen molar-refractivity contribution in [2.45, 2.75) is 18.9 Å². The number of nitrogens with one attached hydrogen (secondary N) is 1. The first-order valence-corrected chi connectivity index (χ1v) is 5.23. The number of pyridine rings is 1. The molecule has 1 aromatic rings. The van der Waals surface area contributed by atoms with E-state index < -0.39 is 4.92 Å². The van der Waals surface area contributed by atoms with Crippen LogP contribution in [-0.4, -0.2) is 29.1 Å². The Morgan fingerprint density at radius 3 is 2.67 bits per heavy atom. The van der Waals surface area contributed by atoms with Crippen LogP contribution in [0.25, 0.3) is 0 Å². The quantitative estimate of drug-likeness (QED) is 0.681. The zero-order chi connectivity index (χ0) is 11.4. The van der Waals surface area contributed by atoms with Gasteiger partial charge in [-0.2, -0.15) is 0 Å². The van der Waals surface area contributed by atoms with Gasteiger partial charge in [-0.05, 0) is 25.9 Å². The number of hydrogen-bond acceptors (Lipinski definition) is 5. The van der Waals surface area contributed by atoms with Crippen molar-refractivity contribution in [3.8, 4) is 5.88 Å². The summed E-state index contributed by atoms with van der Waals surface area (Å²) in [5, 5.41) is 13.8. The first-order valence-electron chi connectivity index (χ1n) is 5.23. The van der Waals surface area contributed by atoms with E-state index in [1.807, 2.05) is 0 Å². The minimum atomic E-state index is -0.447. The highest BCUT2D eigenvalue weighted by Gasteiger charge is 2.16. The summed E-state index contributed by atoms with van der Waals surface area (Å²) < 4.78 is 5.59. The second-order valence-electron chi connectivity index (χ2n) is 3.68. The van der Waals surface area contributed by atoms with Crippen LogP contribution in [0.3, 0.4) is 0 Å². The molecule has 18 heavy (non-hydrogen) atoms. The lowest BCUT2D eigenvalue weighted by molar-refractivity contribution is -0.385. The van der Waals surface area contributed by atoms with Crippen molar-refractivity contribution in [3.05, 3.63) is 28.4 Å². The van der Waals surface area contributed by atoms with Crippen LogP contribution in [0.15, 0.2) is 18.3 Å². The summed E-state index contributed by atoms with van der Waals surface area (Å²) in [5.41, 5.74) is 0.0129. The minimum absolute atomic E-state index is 0. The van der Waals surface area contributed by atoms with Crippen LogP contribution in [0.5, 0.6) is 5.88 Å². The second kappa shape index (κ2) is 8.07. The minimum Gasteiger partial charge on any atom is -0.474 e. The molecule has 1 N–H and O–H groups in total. The molecule has 6 nitrogen and oxygen atoms in total. The first-order chi connectivity index (χ1) is 7.75. The summed E-state index contributed by atoms with van der Waals surface area (Å²) in [4.78, 5) is 14.1. The van der Waals surface area contributed by atoms with Crippen molar-refractivity contribution in [1.82, 2.24) is 10.3 Å². The van der Waals surface area contributed by atoms with Gasteiger partial charge in [0.25, 0.3) is 5.69 Å². The smallest absolute Gasteiger partial charge is 0.276 e. The zero-order valence-electron chi connectivity index (χ0n) is 9.57. The van der Waals surface area contributed by atoms with Crippen molar-refractivity contribution in [3.63, 3.8) is 0 Å². The Morgan fingerprint density at radius 2 is 2.06 bits per heavy atom. The number of rotatable bonds is 3. The lowest BCUT2D eigenvalue weighted by Crippen LogP contribution is -2.34. The number of nitro groups is 1. The lowest BCUT2D eigenvalue weighted by atomic mass is 10.1. The average molecular weight is 296 g/mol. The van der Waals surface area contributed by atoms with Crippen LogP contribution in [0.2, 0.25) is 0 Å². The van der Waals surface area contributed by atoms with E-state index in [1.165, 1.54) is 18.3 Å². The molecule has 1 aliphatic heterocycles. The molecule has 0 aromatic carbocycles. The maximum absolute atomic E-state index is 10.6. The standard InChI is InChI=1S/C10H13N3O3.2ClH/c14-13(15)8-1-6-12-10(7-8)16-9-2-4-11-5-3-9;;/h1,6-7,9,11H,2-5H2;2*1H. The molecule has 102 valence electrons. The fourth-order valence-corrected chi connectivity index (χ4v) is 1.66. The van der Waals surface area contributed by atoms with Gasteiger partial charge in [0, 0.05) is 12.3 Å². The molecule has 0 spiro atoms. The predicted octanol–water partition coefficient (Wildman–Crippen LogP) is 1.96. The Balaban J connectivity index is 0.00000144. The number of hydrogen-bond donors (Lipinski definition) is 1. The van der Waals surface area contributed by atoms with E-state index in [1.54, 1.807) is 0 Å². The third-order valence-corrected chi connectivity index (χ3v) is 2.50. The Morgan fingerprint density at radius 1 is 1.39 bits per heavy atom. The molecule has 0 unspecified atom stereocenters. The predicted molar refractivity (Wildman–Crippen MR) is 71.9 cm³/mol. The van der Waals surface area contributed by atoms with Gasteiger partial charge in [0.2, 0.25) is 5.88 Å². The number of nitrogens with zero attached hydrogens (tertiary/aromatic N) is 2. The fraction of sp³-hybridized carbons (Fsp3) is 0.500.